The van der Waals surface area contributed by atoms with Gasteiger partial charge in [0.25, 0.3) is 0 Å². The van der Waals surface area contributed by atoms with E-state index >= 15 is 0 Å². The molecule has 1 rings (SSSR count). The van der Waals surface area contributed by atoms with Gasteiger partial charge in [-0.3, -0.25) is 9.59 Å². The predicted octanol–water partition coefficient (Wildman–Crippen LogP) is 3.35. The summed E-state index contributed by atoms with van der Waals surface area (Å²) in [5.74, 6) is 0.0993. The molecule has 0 bridgehead atoms. The van der Waals surface area contributed by atoms with Crippen molar-refractivity contribution in [3.63, 3.8) is 0 Å². The quantitative estimate of drug-likeness (QED) is 0.782. The number of hydrogen-bond donors (Lipinski definition) is 1. The van der Waals surface area contributed by atoms with Crippen molar-refractivity contribution in [2.45, 2.75) is 40.2 Å². The number of benzene rings is 1. The summed E-state index contributed by atoms with van der Waals surface area (Å²) < 4.78 is 1.01. The Morgan fingerprint density at radius 2 is 1.86 bits per heavy atom. The lowest BCUT2D eigenvalue weighted by Crippen LogP contribution is -2.36. The van der Waals surface area contributed by atoms with Crippen LogP contribution in [0, 0.1) is 5.41 Å². The molecule has 0 aliphatic carbocycles. The molecule has 0 heterocycles. The minimum absolute atomic E-state index is 0.0153. The van der Waals surface area contributed by atoms with E-state index in [1.165, 1.54) is 0 Å². The van der Waals surface area contributed by atoms with E-state index < -0.39 is 0 Å². The zero-order valence-corrected chi connectivity index (χ0v) is 15.4. The van der Waals surface area contributed by atoms with Crippen LogP contribution in [0.5, 0.6) is 0 Å². The van der Waals surface area contributed by atoms with Crippen molar-refractivity contribution in [2.75, 3.05) is 13.6 Å². The summed E-state index contributed by atoms with van der Waals surface area (Å²) in [7, 11) is 1.80. The maximum atomic E-state index is 12.1. The molecule has 0 atom stereocenters. The lowest BCUT2D eigenvalue weighted by Gasteiger charge is -2.19. The number of rotatable bonds is 6. The summed E-state index contributed by atoms with van der Waals surface area (Å²) in [6, 6.07) is 7.88. The highest BCUT2D eigenvalue weighted by atomic mass is 79.9. The van der Waals surface area contributed by atoms with Crippen molar-refractivity contribution < 1.29 is 9.59 Å². The van der Waals surface area contributed by atoms with Crippen LogP contribution in [0.1, 0.15) is 39.2 Å². The second kappa shape index (κ2) is 8.32. The number of carbonyl (C=O) groups excluding carboxylic acids is 2. The first-order chi connectivity index (χ1) is 10.2. The van der Waals surface area contributed by atoms with Gasteiger partial charge >= 0.3 is 0 Å². The fraction of sp³-hybridized carbons (Fsp3) is 0.529. The zero-order valence-electron chi connectivity index (χ0n) is 13.8. The van der Waals surface area contributed by atoms with E-state index in [0.717, 1.165) is 10.0 Å². The number of amides is 2. The Balaban J connectivity index is 2.34. The van der Waals surface area contributed by atoms with Gasteiger partial charge in [0.2, 0.25) is 11.8 Å². The molecule has 1 aromatic carbocycles. The Bertz CT molecular complexity index is 524. The van der Waals surface area contributed by atoms with E-state index in [-0.39, 0.29) is 17.2 Å². The average molecular weight is 369 g/mol. The van der Waals surface area contributed by atoms with Crippen molar-refractivity contribution in [3.8, 4) is 0 Å². The SMILES string of the molecule is CN(Cc1ccccc1Br)C(=O)CCCNC(=O)C(C)(C)C. The van der Waals surface area contributed by atoms with Gasteiger partial charge in [-0.15, -0.1) is 0 Å². The third-order valence-corrected chi connectivity index (χ3v) is 4.10. The smallest absolute Gasteiger partial charge is 0.225 e. The largest absolute Gasteiger partial charge is 0.356 e. The van der Waals surface area contributed by atoms with Crippen LogP contribution in [0.2, 0.25) is 0 Å². The van der Waals surface area contributed by atoms with Gasteiger partial charge < -0.3 is 10.2 Å². The molecule has 0 fully saturated rings. The molecule has 0 saturated heterocycles. The maximum absolute atomic E-state index is 12.1. The molecule has 1 aromatic rings. The van der Waals surface area contributed by atoms with E-state index in [9.17, 15) is 9.59 Å². The van der Waals surface area contributed by atoms with Crippen molar-refractivity contribution >= 4 is 27.7 Å². The Morgan fingerprint density at radius 3 is 2.45 bits per heavy atom. The number of carbonyl (C=O) groups is 2. The number of hydrogen-bond acceptors (Lipinski definition) is 2. The van der Waals surface area contributed by atoms with E-state index in [1.54, 1.807) is 11.9 Å². The fourth-order valence-corrected chi connectivity index (χ4v) is 2.28. The van der Waals surface area contributed by atoms with E-state index in [1.807, 2.05) is 45.0 Å². The molecular weight excluding hydrogens is 344 g/mol. The fourth-order valence-electron chi connectivity index (χ4n) is 1.87. The molecule has 0 aromatic heterocycles. The molecule has 22 heavy (non-hydrogen) atoms. The van der Waals surface area contributed by atoms with Gasteiger partial charge in [-0.05, 0) is 18.1 Å². The second-order valence-corrected chi connectivity index (χ2v) is 7.31. The predicted molar refractivity (Wildman–Crippen MR) is 92.3 cm³/mol. The molecule has 0 unspecified atom stereocenters. The summed E-state index contributed by atoms with van der Waals surface area (Å²) in [6.07, 6.45) is 1.09. The molecule has 122 valence electrons. The van der Waals surface area contributed by atoms with Crippen molar-refractivity contribution in [2.24, 2.45) is 5.41 Å². The Labute approximate surface area is 141 Å². The van der Waals surface area contributed by atoms with Crippen LogP contribution in [0.25, 0.3) is 0 Å². The normalized spacial score (nSPS) is 11.1. The second-order valence-electron chi connectivity index (χ2n) is 6.45. The first-order valence-electron chi connectivity index (χ1n) is 7.47. The highest BCUT2D eigenvalue weighted by molar-refractivity contribution is 9.10. The standard InChI is InChI=1S/C17H25BrN2O2/c1-17(2,3)16(22)19-11-7-10-15(21)20(4)12-13-8-5-6-9-14(13)18/h5-6,8-9H,7,10-12H2,1-4H3,(H,19,22). The van der Waals surface area contributed by atoms with Crippen LogP contribution in [-0.4, -0.2) is 30.3 Å². The lowest BCUT2D eigenvalue weighted by molar-refractivity contribution is -0.131. The molecule has 0 aliphatic rings. The number of halogens is 1. The van der Waals surface area contributed by atoms with Gasteiger partial charge in [-0.2, -0.15) is 0 Å². The zero-order chi connectivity index (χ0) is 16.8. The molecule has 0 spiro atoms. The van der Waals surface area contributed by atoms with Gasteiger partial charge in [-0.25, -0.2) is 0 Å². The third-order valence-electron chi connectivity index (χ3n) is 3.33. The van der Waals surface area contributed by atoms with Crippen molar-refractivity contribution in [1.82, 2.24) is 10.2 Å². The lowest BCUT2D eigenvalue weighted by atomic mass is 9.96. The third kappa shape index (κ3) is 6.18. The molecule has 0 saturated carbocycles. The summed E-state index contributed by atoms with van der Waals surface area (Å²) in [5, 5.41) is 2.86. The van der Waals surface area contributed by atoms with Crippen LogP contribution >= 0.6 is 15.9 Å². The summed E-state index contributed by atoms with van der Waals surface area (Å²) in [5.41, 5.74) is 0.694. The Hall–Kier alpha value is -1.36. The van der Waals surface area contributed by atoms with Crippen LogP contribution in [0.15, 0.2) is 28.7 Å². The first kappa shape index (κ1) is 18.7. The van der Waals surface area contributed by atoms with Gasteiger partial charge in [0.15, 0.2) is 0 Å². The van der Waals surface area contributed by atoms with E-state index in [4.69, 9.17) is 0 Å². The summed E-state index contributed by atoms with van der Waals surface area (Å²) >= 11 is 3.49. The number of nitrogens with one attached hydrogen (secondary N) is 1. The molecule has 4 nitrogen and oxygen atoms in total. The van der Waals surface area contributed by atoms with Crippen molar-refractivity contribution in [3.05, 3.63) is 34.3 Å². The Morgan fingerprint density at radius 1 is 1.23 bits per heavy atom. The highest BCUT2D eigenvalue weighted by Crippen LogP contribution is 2.17. The van der Waals surface area contributed by atoms with Gasteiger partial charge in [0.05, 0.1) is 0 Å². The molecule has 0 radical (unpaired) electrons. The van der Waals surface area contributed by atoms with Gasteiger partial charge in [0.1, 0.15) is 0 Å². The topological polar surface area (TPSA) is 49.4 Å². The van der Waals surface area contributed by atoms with Gasteiger partial charge in [-0.1, -0.05) is 54.9 Å². The highest BCUT2D eigenvalue weighted by Gasteiger charge is 2.20. The minimum atomic E-state index is -0.389. The van der Waals surface area contributed by atoms with Crippen LogP contribution in [0.4, 0.5) is 0 Å². The molecular formula is C17H25BrN2O2. The van der Waals surface area contributed by atoms with Crippen molar-refractivity contribution in [1.29, 1.82) is 0 Å². The summed E-state index contributed by atoms with van der Waals surface area (Å²) in [6.45, 7) is 6.73. The van der Waals surface area contributed by atoms with Crippen LogP contribution in [-0.2, 0) is 16.1 Å². The van der Waals surface area contributed by atoms with E-state index in [2.05, 4.69) is 21.2 Å². The average Bonchev–Trinajstić information content (AvgIpc) is 2.44. The number of nitrogens with zero attached hydrogens (tertiary/aromatic N) is 1. The summed E-state index contributed by atoms with van der Waals surface area (Å²) in [4.78, 5) is 25.5. The molecule has 5 heteroatoms. The monoisotopic (exact) mass is 368 g/mol. The minimum Gasteiger partial charge on any atom is -0.356 e. The molecule has 2 amide bonds. The first-order valence-corrected chi connectivity index (χ1v) is 8.27. The molecule has 0 aliphatic heterocycles. The molecule has 1 N–H and O–H groups in total. The Kier molecular flexibility index (Phi) is 7.07. The van der Waals surface area contributed by atoms with Gasteiger partial charge in [0, 0.05) is 36.4 Å². The van der Waals surface area contributed by atoms with E-state index in [0.29, 0.717) is 25.9 Å². The van der Waals surface area contributed by atoms with Crippen LogP contribution in [0.3, 0.4) is 0 Å². The van der Waals surface area contributed by atoms with Crippen LogP contribution < -0.4 is 5.32 Å². The maximum Gasteiger partial charge on any atom is 0.225 e.